The van der Waals surface area contributed by atoms with Crippen LogP contribution in [0.4, 0.5) is 0 Å². The van der Waals surface area contributed by atoms with Crippen molar-refractivity contribution in [2.24, 2.45) is 5.92 Å². The summed E-state index contributed by atoms with van der Waals surface area (Å²) in [5, 5.41) is 0. The molecule has 0 aromatic carbocycles. The molecule has 0 aromatic rings. The Morgan fingerprint density at radius 3 is 2.58 bits per heavy atom. The van der Waals surface area contributed by atoms with Crippen LogP contribution in [0.2, 0.25) is 0 Å². The first-order valence-corrected chi connectivity index (χ1v) is 7.78. The molecule has 1 atom stereocenters. The van der Waals surface area contributed by atoms with E-state index in [0.717, 1.165) is 51.5 Å². The van der Waals surface area contributed by atoms with Crippen LogP contribution in [-0.2, 0) is 9.53 Å². The second kappa shape index (κ2) is 7.25. The fourth-order valence-electron chi connectivity index (χ4n) is 3.27. The van der Waals surface area contributed by atoms with Crippen molar-refractivity contribution < 1.29 is 9.53 Å². The molecular weight excluding hydrogens is 240 g/mol. The molecular formula is C15H28N2O2. The highest BCUT2D eigenvalue weighted by Crippen LogP contribution is 2.24. The van der Waals surface area contributed by atoms with Crippen molar-refractivity contribution in [3.63, 3.8) is 0 Å². The predicted octanol–water partition coefficient (Wildman–Crippen LogP) is 1.75. The molecule has 4 nitrogen and oxygen atoms in total. The largest absolute Gasteiger partial charge is 0.381 e. The fourth-order valence-corrected chi connectivity index (χ4v) is 3.27. The molecule has 19 heavy (non-hydrogen) atoms. The standard InChI is InChI=1S/C15H28N2O2/c1-3-10-19-12-14-4-7-17(11-14)15-5-8-16(9-6-15)13(2)18/h14-15H,3-12H2,1-2H3/t14-/m0/s1. The highest BCUT2D eigenvalue weighted by molar-refractivity contribution is 5.73. The van der Waals surface area contributed by atoms with Crippen LogP contribution in [0.5, 0.6) is 0 Å². The summed E-state index contributed by atoms with van der Waals surface area (Å²) in [6.45, 7) is 9.94. The molecule has 1 amide bonds. The summed E-state index contributed by atoms with van der Waals surface area (Å²) >= 11 is 0. The monoisotopic (exact) mass is 268 g/mol. The Morgan fingerprint density at radius 2 is 1.95 bits per heavy atom. The smallest absolute Gasteiger partial charge is 0.219 e. The molecule has 0 N–H and O–H groups in total. The zero-order chi connectivity index (χ0) is 13.7. The van der Waals surface area contributed by atoms with E-state index in [4.69, 9.17) is 4.74 Å². The first-order chi connectivity index (χ1) is 9.20. The van der Waals surface area contributed by atoms with Gasteiger partial charge < -0.3 is 9.64 Å². The zero-order valence-corrected chi connectivity index (χ0v) is 12.4. The number of carbonyl (C=O) groups is 1. The van der Waals surface area contributed by atoms with Gasteiger partial charge in [0.2, 0.25) is 5.91 Å². The van der Waals surface area contributed by atoms with Crippen LogP contribution in [0.15, 0.2) is 0 Å². The average molecular weight is 268 g/mol. The van der Waals surface area contributed by atoms with E-state index in [1.54, 1.807) is 6.92 Å². The molecule has 110 valence electrons. The third kappa shape index (κ3) is 4.18. The minimum absolute atomic E-state index is 0.228. The number of rotatable bonds is 5. The lowest BCUT2D eigenvalue weighted by atomic mass is 10.0. The Labute approximate surface area is 117 Å². The van der Waals surface area contributed by atoms with Crippen LogP contribution in [0, 0.1) is 5.92 Å². The van der Waals surface area contributed by atoms with Gasteiger partial charge in [0.15, 0.2) is 0 Å². The maximum Gasteiger partial charge on any atom is 0.219 e. The van der Waals surface area contributed by atoms with Crippen molar-refractivity contribution >= 4 is 5.91 Å². The van der Waals surface area contributed by atoms with Crippen molar-refractivity contribution in [2.75, 3.05) is 39.4 Å². The van der Waals surface area contributed by atoms with Crippen LogP contribution in [0.1, 0.15) is 39.5 Å². The predicted molar refractivity (Wildman–Crippen MR) is 76.1 cm³/mol. The van der Waals surface area contributed by atoms with Gasteiger partial charge in [-0.25, -0.2) is 0 Å². The summed E-state index contributed by atoms with van der Waals surface area (Å²) in [4.78, 5) is 15.9. The van der Waals surface area contributed by atoms with Gasteiger partial charge in [0, 0.05) is 39.2 Å². The van der Waals surface area contributed by atoms with Gasteiger partial charge in [-0.2, -0.15) is 0 Å². The normalized spacial score (nSPS) is 26.0. The van der Waals surface area contributed by atoms with Crippen molar-refractivity contribution in [1.82, 2.24) is 9.80 Å². The van der Waals surface area contributed by atoms with Crippen LogP contribution in [0.25, 0.3) is 0 Å². The van der Waals surface area contributed by atoms with Crippen LogP contribution in [0.3, 0.4) is 0 Å². The maximum atomic E-state index is 11.3. The Bertz CT molecular complexity index is 288. The van der Waals surface area contributed by atoms with Crippen molar-refractivity contribution in [1.29, 1.82) is 0 Å². The quantitative estimate of drug-likeness (QED) is 0.712. The number of nitrogens with zero attached hydrogens (tertiary/aromatic N) is 2. The SMILES string of the molecule is CCCOC[C@H]1CCN(C2CCN(C(C)=O)CC2)C1. The van der Waals surface area contributed by atoms with Gasteiger partial charge in [0.25, 0.3) is 0 Å². The highest BCUT2D eigenvalue weighted by atomic mass is 16.5. The summed E-state index contributed by atoms with van der Waals surface area (Å²) in [6, 6.07) is 0.687. The summed E-state index contributed by atoms with van der Waals surface area (Å²) in [6.07, 6.45) is 4.67. The lowest BCUT2D eigenvalue weighted by Crippen LogP contribution is -2.45. The number of piperidine rings is 1. The molecule has 4 heteroatoms. The number of hydrogen-bond donors (Lipinski definition) is 0. The Morgan fingerprint density at radius 1 is 1.21 bits per heavy atom. The van der Waals surface area contributed by atoms with Gasteiger partial charge in [-0.1, -0.05) is 6.92 Å². The van der Waals surface area contributed by atoms with Gasteiger partial charge in [-0.15, -0.1) is 0 Å². The minimum atomic E-state index is 0.228. The lowest BCUT2D eigenvalue weighted by Gasteiger charge is -2.36. The summed E-state index contributed by atoms with van der Waals surface area (Å²) in [5.74, 6) is 0.947. The fraction of sp³-hybridized carbons (Fsp3) is 0.933. The van der Waals surface area contributed by atoms with Crippen molar-refractivity contribution in [3.05, 3.63) is 0 Å². The van der Waals surface area contributed by atoms with Crippen molar-refractivity contribution in [2.45, 2.75) is 45.6 Å². The second-order valence-electron chi connectivity index (χ2n) is 5.96. The van der Waals surface area contributed by atoms with E-state index < -0.39 is 0 Å². The number of carbonyl (C=O) groups excluding carboxylic acids is 1. The molecule has 2 heterocycles. The molecule has 0 spiro atoms. The molecule has 2 aliphatic rings. The third-order valence-corrected chi connectivity index (χ3v) is 4.45. The van der Waals surface area contributed by atoms with Gasteiger partial charge in [0.1, 0.15) is 0 Å². The Hall–Kier alpha value is -0.610. The first kappa shape index (κ1) is 14.8. The summed E-state index contributed by atoms with van der Waals surface area (Å²) < 4.78 is 5.67. The number of hydrogen-bond acceptors (Lipinski definition) is 3. The summed E-state index contributed by atoms with van der Waals surface area (Å²) in [5.41, 5.74) is 0. The first-order valence-electron chi connectivity index (χ1n) is 7.78. The van der Waals surface area contributed by atoms with E-state index >= 15 is 0 Å². The van der Waals surface area contributed by atoms with E-state index in [0.29, 0.717) is 6.04 Å². The molecule has 0 bridgehead atoms. The molecule has 0 unspecified atom stereocenters. The molecule has 2 saturated heterocycles. The van der Waals surface area contributed by atoms with Crippen LogP contribution < -0.4 is 0 Å². The molecule has 2 fully saturated rings. The molecule has 0 aromatic heterocycles. The van der Waals surface area contributed by atoms with E-state index in [-0.39, 0.29) is 5.91 Å². The summed E-state index contributed by atoms with van der Waals surface area (Å²) in [7, 11) is 0. The third-order valence-electron chi connectivity index (χ3n) is 4.45. The highest BCUT2D eigenvalue weighted by Gasteiger charge is 2.31. The van der Waals surface area contributed by atoms with Gasteiger partial charge in [-0.05, 0) is 38.1 Å². The van der Waals surface area contributed by atoms with Gasteiger partial charge >= 0.3 is 0 Å². The topological polar surface area (TPSA) is 32.8 Å². The average Bonchev–Trinajstić information content (AvgIpc) is 2.88. The van der Waals surface area contributed by atoms with Crippen molar-refractivity contribution in [3.8, 4) is 0 Å². The van der Waals surface area contributed by atoms with Crippen LogP contribution >= 0.6 is 0 Å². The number of ether oxygens (including phenoxy) is 1. The van der Waals surface area contributed by atoms with Crippen LogP contribution in [-0.4, -0.2) is 61.1 Å². The molecule has 2 rings (SSSR count). The number of likely N-dealkylation sites (tertiary alicyclic amines) is 2. The molecule has 0 aliphatic carbocycles. The zero-order valence-electron chi connectivity index (χ0n) is 12.4. The van der Waals surface area contributed by atoms with Gasteiger partial charge in [0.05, 0.1) is 6.61 Å². The van der Waals surface area contributed by atoms with E-state index in [1.807, 2.05) is 4.90 Å². The maximum absolute atomic E-state index is 11.3. The van der Waals surface area contributed by atoms with E-state index in [9.17, 15) is 4.79 Å². The Balaban J connectivity index is 1.68. The molecule has 0 radical (unpaired) electrons. The molecule has 0 saturated carbocycles. The minimum Gasteiger partial charge on any atom is -0.381 e. The van der Waals surface area contributed by atoms with E-state index in [1.165, 1.54) is 19.5 Å². The van der Waals surface area contributed by atoms with E-state index in [2.05, 4.69) is 11.8 Å². The lowest BCUT2D eigenvalue weighted by molar-refractivity contribution is -0.130. The second-order valence-corrected chi connectivity index (χ2v) is 5.96. The number of amides is 1. The van der Waals surface area contributed by atoms with Gasteiger partial charge in [-0.3, -0.25) is 9.69 Å². The molecule has 2 aliphatic heterocycles. The Kier molecular flexibility index (Phi) is 5.64.